The molecule has 0 aliphatic rings. The lowest BCUT2D eigenvalue weighted by atomic mass is 10.1. The molecule has 2 aromatic carbocycles. The Kier molecular flexibility index (Phi) is 8.24. The second-order valence-corrected chi connectivity index (χ2v) is 8.54. The summed E-state index contributed by atoms with van der Waals surface area (Å²) in [6.45, 7) is 8.90. The van der Waals surface area contributed by atoms with E-state index in [0.29, 0.717) is 19.0 Å². The van der Waals surface area contributed by atoms with Crippen LogP contribution in [0.5, 0.6) is 0 Å². The van der Waals surface area contributed by atoms with Gasteiger partial charge in [-0.2, -0.15) is 0 Å². The monoisotopic (exact) mass is 444 g/mol. The van der Waals surface area contributed by atoms with Crippen LogP contribution in [0.3, 0.4) is 0 Å². The van der Waals surface area contributed by atoms with Crippen molar-refractivity contribution in [3.05, 3.63) is 69.7 Å². The van der Waals surface area contributed by atoms with E-state index in [-0.39, 0.29) is 18.2 Å². The molecule has 2 amide bonds. The number of amides is 2. The quantitative estimate of drug-likeness (QED) is 0.651. The molecule has 0 radical (unpaired) electrons. The first kappa shape index (κ1) is 22.2. The summed E-state index contributed by atoms with van der Waals surface area (Å²) >= 11 is 3.47. The van der Waals surface area contributed by atoms with Crippen molar-refractivity contribution >= 4 is 27.7 Å². The van der Waals surface area contributed by atoms with Crippen LogP contribution in [0.1, 0.15) is 37.5 Å². The van der Waals surface area contributed by atoms with E-state index in [2.05, 4.69) is 21.2 Å². The Morgan fingerprint density at radius 1 is 1.04 bits per heavy atom. The lowest BCUT2D eigenvalue weighted by Gasteiger charge is -2.29. The van der Waals surface area contributed by atoms with Crippen LogP contribution in [0.2, 0.25) is 0 Å². The highest BCUT2D eigenvalue weighted by molar-refractivity contribution is 9.10. The first-order chi connectivity index (χ1) is 13.3. The van der Waals surface area contributed by atoms with Gasteiger partial charge in [0, 0.05) is 17.6 Å². The molecule has 0 aliphatic carbocycles. The van der Waals surface area contributed by atoms with Crippen molar-refractivity contribution in [2.24, 2.45) is 5.92 Å². The average Bonchev–Trinajstić information content (AvgIpc) is 2.65. The minimum atomic E-state index is -0.546. The molecule has 1 N–H and O–H groups in total. The first-order valence-electron chi connectivity index (χ1n) is 9.63. The zero-order valence-electron chi connectivity index (χ0n) is 17.0. The van der Waals surface area contributed by atoms with E-state index >= 15 is 0 Å². The van der Waals surface area contributed by atoms with Crippen molar-refractivity contribution in [3.8, 4) is 0 Å². The third-order valence-corrected chi connectivity index (χ3v) is 5.06. The number of halogens is 1. The Balaban J connectivity index is 2.19. The highest BCUT2D eigenvalue weighted by Gasteiger charge is 2.26. The molecule has 0 bridgehead atoms. The fourth-order valence-electron chi connectivity index (χ4n) is 2.85. The molecule has 0 spiro atoms. The number of nitrogens with zero attached hydrogens (tertiary/aromatic N) is 1. The zero-order valence-corrected chi connectivity index (χ0v) is 18.6. The van der Waals surface area contributed by atoms with Crippen LogP contribution in [0.25, 0.3) is 0 Å². The average molecular weight is 445 g/mol. The van der Waals surface area contributed by atoms with Crippen LogP contribution in [0, 0.1) is 12.8 Å². The fourth-order valence-corrected chi connectivity index (χ4v) is 3.30. The molecule has 0 saturated heterocycles. The third kappa shape index (κ3) is 6.79. The van der Waals surface area contributed by atoms with Crippen LogP contribution in [-0.2, 0) is 22.6 Å². The SMILES string of the molecule is Cc1ccc(CC(=O)N(Cc2cccc(Br)c2)[C@H](C)C(=O)NCC(C)C)cc1. The van der Waals surface area contributed by atoms with E-state index in [1.807, 2.05) is 69.3 Å². The van der Waals surface area contributed by atoms with Gasteiger partial charge in [0.25, 0.3) is 0 Å². The third-order valence-electron chi connectivity index (χ3n) is 4.57. The molecule has 0 saturated carbocycles. The van der Waals surface area contributed by atoms with Crippen LogP contribution >= 0.6 is 15.9 Å². The molecule has 150 valence electrons. The Morgan fingerprint density at radius 3 is 2.32 bits per heavy atom. The van der Waals surface area contributed by atoms with Crippen LogP contribution in [-0.4, -0.2) is 29.3 Å². The second kappa shape index (κ2) is 10.4. The van der Waals surface area contributed by atoms with Gasteiger partial charge < -0.3 is 10.2 Å². The van der Waals surface area contributed by atoms with Gasteiger partial charge in [-0.3, -0.25) is 9.59 Å². The van der Waals surface area contributed by atoms with E-state index in [0.717, 1.165) is 21.2 Å². The van der Waals surface area contributed by atoms with Crippen molar-refractivity contribution in [1.82, 2.24) is 10.2 Å². The first-order valence-corrected chi connectivity index (χ1v) is 10.4. The summed E-state index contributed by atoms with van der Waals surface area (Å²) in [6.07, 6.45) is 0.274. The molecule has 0 unspecified atom stereocenters. The van der Waals surface area contributed by atoms with E-state index in [1.54, 1.807) is 11.8 Å². The van der Waals surface area contributed by atoms with Gasteiger partial charge in [-0.15, -0.1) is 0 Å². The van der Waals surface area contributed by atoms with E-state index < -0.39 is 6.04 Å². The Bertz CT molecular complexity index is 803. The normalized spacial score (nSPS) is 11.9. The van der Waals surface area contributed by atoms with Crippen LogP contribution in [0.4, 0.5) is 0 Å². The van der Waals surface area contributed by atoms with Crippen molar-refractivity contribution in [2.45, 2.75) is 46.7 Å². The van der Waals surface area contributed by atoms with E-state index in [1.165, 1.54) is 0 Å². The molecule has 2 aromatic rings. The lowest BCUT2D eigenvalue weighted by Crippen LogP contribution is -2.48. The second-order valence-electron chi connectivity index (χ2n) is 7.63. The zero-order chi connectivity index (χ0) is 20.7. The predicted molar refractivity (Wildman–Crippen MR) is 117 cm³/mol. The molecule has 2 rings (SSSR count). The van der Waals surface area contributed by atoms with Gasteiger partial charge in [-0.25, -0.2) is 0 Å². The van der Waals surface area contributed by atoms with Crippen molar-refractivity contribution in [1.29, 1.82) is 0 Å². The van der Waals surface area contributed by atoms with Gasteiger partial charge >= 0.3 is 0 Å². The molecule has 0 fully saturated rings. The fraction of sp³-hybridized carbons (Fsp3) is 0.391. The summed E-state index contributed by atoms with van der Waals surface area (Å²) in [7, 11) is 0. The maximum absolute atomic E-state index is 13.1. The molecule has 1 atom stereocenters. The smallest absolute Gasteiger partial charge is 0.242 e. The number of hydrogen-bond donors (Lipinski definition) is 1. The molecular weight excluding hydrogens is 416 g/mol. The van der Waals surface area contributed by atoms with Gasteiger partial charge in [-0.1, -0.05) is 71.7 Å². The molecule has 28 heavy (non-hydrogen) atoms. The van der Waals surface area contributed by atoms with Gasteiger partial charge in [0.05, 0.1) is 6.42 Å². The molecule has 5 heteroatoms. The lowest BCUT2D eigenvalue weighted by molar-refractivity contribution is -0.140. The molecule has 0 aromatic heterocycles. The highest BCUT2D eigenvalue weighted by atomic mass is 79.9. The summed E-state index contributed by atoms with van der Waals surface area (Å²) in [4.78, 5) is 27.4. The largest absolute Gasteiger partial charge is 0.354 e. The highest BCUT2D eigenvalue weighted by Crippen LogP contribution is 2.17. The number of aryl methyl sites for hydroxylation is 1. The van der Waals surface area contributed by atoms with Crippen molar-refractivity contribution < 1.29 is 9.59 Å². The number of benzene rings is 2. The molecule has 0 heterocycles. The summed E-state index contributed by atoms with van der Waals surface area (Å²) in [5, 5.41) is 2.94. The van der Waals surface area contributed by atoms with Gasteiger partial charge in [0.2, 0.25) is 11.8 Å². The Morgan fingerprint density at radius 2 is 1.71 bits per heavy atom. The van der Waals surface area contributed by atoms with Gasteiger partial charge in [0.15, 0.2) is 0 Å². The Hall–Kier alpha value is -2.14. The van der Waals surface area contributed by atoms with Gasteiger partial charge in [-0.05, 0) is 43.0 Å². The van der Waals surface area contributed by atoms with Gasteiger partial charge in [0.1, 0.15) is 6.04 Å². The summed E-state index contributed by atoms with van der Waals surface area (Å²) in [6, 6.07) is 15.2. The maximum atomic E-state index is 13.1. The van der Waals surface area contributed by atoms with E-state index in [4.69, 9.17) is 0 Å². The molecule has 4 nitrogen and oxygen atoms in total. The van der Waals surface area contributed by atoms with Crippen molar-refractivity contribution in [3.63, 3.8) is 0 Å². The van der Waals surface area contributed by atoms with Crippen LogP contribution in [0.15, 0.2) is 53.0 Å². The minimum Gasteiger partial charge on any atom is -0.354 e. The topological polar surface area (TPSA) is 49.4 Å². The maximum Gasteiger partial charge on any atom is 0.242 e. The predicted octanol–water partition coefficient (Wildman–Crippen LogP) is 4.49. The summed E-state index contributed by atoms with van der Waals surface area (Å²) < 4.78 is 0.952. The standard InChI is InChI=1S/C23H29BrN2O2/c1-16(2)14-25-23(28)18(4)26(15-20-6-5-7-21(24)12-20)22(27)13-19-10-8-17(3)9-11-19/h5-12,16,18H,13-15H2,1-4H3,(H,25,28)/t18-/m1/s1. The summed E-state index contributed by atoms with van der Waals surface area (Å²) in [5.41, 5.74) is 3.09. The molecular formula is C23H29BrN2O2. The molecule has 0 aliphatic heterocycles. The number of carbonyl (C=O) groups is 2. The van der Waals surface area contributed by atoms with Crippen LogP contribution < -0.4 is 5.32 Å². The number of hydrogen-bond acceptors (Lipinski definition) is 2. The number of carbonyl (C=O) groups excluding carboxylic acids is 2. The van der Waals surface area contributed by atoms with E-state index in [9.17, 15) is 9.59 Å². The van der Waals surface area contributed by atoms with Crippen molar-refractivity contribution in [2.75, 3.05) is 6.54 Å². The Labute approximate surface area is 176 Å². The number of nitrogens with one attached hydrogen (secondary N) is 1. The minimum absolute atomic E-state index is 0.0592. The number of rotatable bonds is 8. The summed E-state index contributed by atoms with van der Waals surface area (Å²) in [5.74, 6) is 0.176.